The fourth-order valence-corrected chi connectivity index (χ4v) is 2.76. The number of nitrogens with one attached hydrogen (secondary N) is 2. The highest BCUT2D eigenvalue weighted by atomic mass is 127. The van der Waals surface area contributed by atoms with E-state index in [2.05, 4.69) is 27.8 Å². The van der Waals surface area contributed by atoms with Gasteiger partial charge >= 0.3 is 0 Å². The number of halogens is 1. The van der Waals surface area contributed by atoms with E-state index in [-0.39, 0.29) is 30.1 Å². The van der Waals surface area contributed by atoms with Crippen LogP contribution in [-0.4, -0.2) is 59.6 Å². The van der Waals surface area contributed by atoms with Crippen LogP contribution in [0, 0.1) is 5.92 Å². The molecule has 6 nitrogen and oxygen atoms in total. The zero-order chi connectivity index (χ0) is 17.7. The molecule has 7 heteroatoms. The molecule has 2 rings (SSSR count). The van der Waals surface area contributed by atoms with Crippen LogP contribution in [0.2, 0.25) is 0 Å². The third kappa shape index (κ3) is 8.66. The SMILES string of the molecule is CN=C(NCCCOCC1CCOC1)NCC(OC)c1ccccc1.I. The Morgan fingerprint density at radius 1 is 1.31 bits per heavy atom. The molecule has 2 atom stereocenters. The van der Waals surface area contributed by atoms with Crippen molar-refractivity contribution in [3.8, 4) is 0 Å². The van der Waals surface area contributed by atoms with Gasteiger partial charge in [0.25, 0.3) is 0 Å². The third-order valence-electron chi connectivity index (χ3n) is 4.27. The number of guanidine groups is 1. The number of methoxy groups -OCH3 is 1. The Bertz CT molecular complexity index is 496. The van der Waals surface area contributed by atoms with Crippen LogP contribution in [0.15, 0.2) is 35.3 Å². The summed E-state index contributed by atoms with van der Waals surface area (Å²) in [5, 5.41) is 6.62. The molecule has 0 amide bonds. The van der Waals surface area contributed by atoms with Crippen molar-refractivity contribution in [1.29, 1.82) is 0 Å². The minimum atomic E-state index is -0.00304. The van der Waals surface area contributed by atoms with E-state index in [0.717, 1.165) is 57.3 Å². The Morgan fingerprint density at radius 2 is 2.12 bits per heavy atom. The molecule has 0 radical (unpaired) electrons. The summed E-state index contributed by atoms with van der Waals surface area (Å²) < 4.78 is 16.6. The van der Waals surface area contributed by atoms with Crippen molar-refractivity contribution in [3.05, 3.63) is 35.9 Å². The summed E-state index contributed by atoms with van der Waals surface area (Å²) in [6, 6.07) is 10.2. The van der Waals surface area contributed by atoms with Crippen molar-refractivity contribution in [1.82, 2.24) is 10.6 Å². The predicted octanol–water partition coefficient (Wildman–Crippen LogP) is 2.60. The number of hydrogen-bond donors (Lipinski definition) is 2. The van der Waals surface area contributed by atoms with Gasteiger partial charge in [0, 0.05) is 46.4 Å². The van der Waals surface area contributed by atoms with Crippen molar-refractivity contribution >= 4 is 29.9 Å². The number of nitrogens with zero attached hydrogens (tertiary/aromatic N) is 1. The van der Waals surface area contributed by atoms with Crippen LogP contribution in [0.3, 0.4) is 0 Å². The Hall–Kier alpha value is -0.900. The van der Waals surface area contributed by atoms with Crippen LogP contribution in [0.25, 0.3) is 0 Å². The van der Waals surface area contributed by atoms with E-state index in [9.17, 15) is 0 Å². The number of aliphatic imine (C=N–C) groups is 1. The van der Waals surface area contributed by atoms with Gasteiger partial charge in [0.05, 0.1) is 19.3 Å². The molecule has 0 saturated carbocycles. The first-order valence-electron chi connectivity index (χ1n) is 9.01. The van der Waals surface area contributed by atoms with Crippen molar-refractivity contribution in [2.45, 2.75) is 18.9 Å². The van der Waals surface area contributed by atoms with Gasteiger partial charge < -0.3 is 24.8 Å². The molecule has 1 aromatic rings. The standard InChI is InChI=1S/C19H31N3O3.HI/c1-20-19(21-10-6-11-24-14-16-9-12-25-15-16)22-13-18(23-2)17-7-4-3-5-8-17;/h3-5,7-8,16,18H,6,9-15H2,1-2H3,(H2,20,21,22);1H. The molecule has 0 aromatic heterocycles. The molecule has 26 heavy (non-hydrogen) atoms. The summed E-state index contributed by atoms with van der Waals surface area (Å²) in [5.41, 5.74) is 1.15. The first-order valence-corrected chi connectivity index (χ1v) is 9.01. The summed E-state index contributed by atoms with van der Waals surface area (Å²) in [6.45, 7) is 4.77. The molecule has 1 fully saturated rings. The Morgan fingerprint density at radius 3 is 2.77 bits per heavy atom. The Kier molecular flexibility index (Phi) is 12.6. The lowest BCUT2D eigenvalue weighted by Gasteiger charge is -2.18. The van der Waals surface area contributed by atoms with Gasteiger partial charge in [0.2, 0.25) is 0 Å². The minimum Gasteiger partial charge on any atom is -0.381 e. The zero-order valence-electron chi connectivity index (χ0n) is 15.8. The van der Waals surface area contributed by atoms with E-state index in [4.69, 9.17) is 14.2 Å². The quantitative estimate of drug-likeness (QED) is 0.235. The Labute approximate surface area is 174 Å². The largest absolute Gasteiger partial charge is 0.381 e. The lowest BCUT2D eigenvalue weighted by Crippen LogP contribution is -2.40. The molecule has 2 unspecified atom stereocenters. The summed E-state index contributed by atoms with van der Waals surface area (Å²) >= 11 is 0. The molecular formula is C19H32IN3O3. The zero-order valence-corrected chi connectivity index (χ0v) is 18.1. The van der Waals surface area contributed by atoms with E-state index in [1.807, 2.05) is 18.2 Å². The highest BCUT2D eigenvalue weighted by molar-refractivity contribution is 14.0. The van der Waals surface area contributed by atoms with Crippen molar-refractivity contribution in [2.24, 2.45) is 10.9 Å². The van der Waals surface area contributed by atoms with Gasteiger partial charge in [-0.1, -0.05) is 30.3 Å². The maximum absolute atomic E-state index is 5.71. The first-order chi connectivity index (χ1) is 12.3. The average molecular weight is 477 g/mol. The van der Waals surface area contributed by atoms with Crippen LogP contribution < -0.4 is 10.6 Å². The second-order valence-electron chi connectivity index (χ2n) is 6.17. The van der Waals surface area contributed by atoms with Crippen LogP contribution in [-0.2, 0) is 14.2 Å². The minimum absolute atomic E-state index is 0. The number of ether oxygens (including phenoxy) is 3. The lowest BCUT2D eigenvalue weighted by molar-refractivity contribution is 0.0887. The summed E-state index contributed by atoms with van der Waals surface area (Å²) in [5.74, 6) is 1.36. The predicted molar refractivity (Wildman–Crippen MR) is 115 cm³/mol. The third-order valence-corrected chi connectivity index (χ3v) is 4.27. The summed E-state index contributed by atoms with van der Waals surface area (Å²) in [7, 11) is 3.50. The highest BCUT2D eigenvalue weighted by Crippen LogP contribution is 2.14. The van der Waals surface area contributed by atoms with Crippen LogP contribution >= 0.6 is 24.0 Å². The van der Waals surface area contributed by atoms with E-state index < -0.39 is 0 Å². The van der Waals surface area contributed by atoms with E-state index in [1.165, 1.54) is 0 Å². The first kappa shape index (κ1) is 23.1. The second kappa shape index (κ2) is 14.2. The second-order valence-corrected chi connectivity index (χ2v) is 6.17. The topological polar surface area (TPSA) is 64.1 Å². The van der Waals surface area contributed by atoms with Crippen LogP contribution in [0.1, 0.15) is 24.5 Å². The average Bonchev–Trinajstić information content (AvgIpc) is 3.17. The smallest absolute Gasteiger partial charge is 0.191 e. The lowest BCUT2D eigenvalue weighted by atomic mass is 10.1. The molecule has 1 aromatic carbocycles. The molecule has 0 bridgehead atoms. The highest BCUT2D eigenvalue weighted by Gasteiger charge is 2.15. The Balaban J connectivity index is 0.00000338. The maximum atomic E-state index is 5.71. The van der Waals surface area contributed by atoms with E-state index >= 15 is 0 Å². The molecule has 148 valence electrons. The fourth-order valence-electron chi connectivity index (χ4n) is 2.76. The molecule has 1 saturated heterocycles. The fraction of sp³-hybridized carbons (Fsp3) is 0.632. The number of rotatable bonds is 10. The van der Waals surface area contributed by atoms with Crippen molar-refractivity contribution in [3.63, 3.8) is 0 Å². The normalized spacial score (nSPS) is 18.2. The molecule has 1 heterocycles. The van der Waals surface area contributed by atoms with Crippen LogP contribution in [0.5, 0.6) is 0 Å². The van der Waals surface area contributed by atoms with Gasteiger partial charge in [-0.05, 0) is 18.4 Å². The van der Waals surface area contributed by atoms with Gasteiger partial charge in [0.15, 0.2) is 5.96 Å². The summed E-state index contributed by atoms with van der Waals surface area (Å²) in [4.78, 5) is 4.25. The molecule has 0 spiro atoms. The molecule has 1 aliphatic rings. The van der Waals surface area contributed by atoms with Crippen molar-refractivity contribution < 1.29 is 14.2 Å². The van der Waals surface area contributed by atoms with Gasteiger partial charge in [-0.25, -0.2) is 0 Å². The molecule has 0 aliphatic carbocycles. The number of hydrogen-bond acceptors (Lipinski definition) is 4. The number of benzene rings is 1. The van der Waals surface area contributed by atoms with E-state index in [1.54, 1.807) is 14.2 Å². The maximum Gasteiger partial charge on any atom is 0.191 e. The summed E-state index contributed by atoms with van der Waals surface area (Å²) in [6.07, 6.45) is 2.06. The van der Waals surface area contributed by atoms with Gasteiger partial charge in [-0.3, -0.25) is 4.99 Å². The van der Waals surface area contributed by atoms with Gasteiger partial charge in [-0.15, -0.1) is 24.0 Å². The molecular weight excluding hydrogens is 445 g/mol. The van der Waals surface area contributed by atoms with Crippen LogP contribution in [0.4, 0.5) is 0 Å². The van der Waals surface area contributed by atoms with Gasteiger partial charge in [0.1, 0.15) is 0 Å². The van der Waals surface area contributed by atoms with Crippen molar-refractivity contribution in [2.75, 3.05) is 53.7 Å². The molecule has 2 N–H and O–H groups in total. The van der Waals surface area contributed by atoms with Gasteiger partial charge in [-0.2, -0.15) is 0 Å². The monoisotopic (exact) mass is 477 g/mol. The van der Waals surface area contributed by atoms with E-state index in [0.29, 0.717) is 12.5 Å². The molecule has 1 aliphatic heterocycles.